The van der Waals surface area contributed by atoms with E-state index < -0.39 is 10.3 Å². The molecule has 2 aromatic carbocycles. The smallest absolute Gasteiger partial charge is 0.217 e. The molecule has 0 N–H and O–H groups in total. The number of methoxy groups -OCH3 is 1. The Hall–Kier alpha value is -2.47. The fourth-order valence-electron chi connectivity index (χ4n) is 1.94. The first-order valence-corrected chi connectivity index (χ1v) is 11.3. The summed E-state index contributed by atoms with van der Waals surface area (Å²) in [5, 5.41) is 0. The predicted molar refractivity (Wildman–Crippen MR) is 114 cm³/mol. The lowest BCUT2D eigenvalue weighted by Crippen LogP contribution is -1.97. The maximum atomic E-state index is 13.6. The van der Waals surface area contributed by atoms with Gasteiger partial charge in [-0.05, 0) is 67.8 Å². The Morgan fingerprint density at radius 2 is 1.63 bits per heavy atom. The highest BCUT2D eigenvalue weighted by Gasteiger charge is 2.08. The summed E-state index contributed by atoms with van der Waals surface area (Å²) in [6.45, 7) is 7.76. The van der Waals surface area contributed by atoms with E-state index in [1.165, 1.54) is 18.3 Å². The summed E-state index contributed by atoms with van der Waals surface area (Å²) >= 11 is 0. The summed E-state index contributed by atoms with van der Waals surface area (Å²) in [4.78, 5) is 4.16. The standard InChI is InChI=1S/C19H22FNO3S.C2H6/c1-14(24-25(3,4)5)21-13-15-12-16(20)6-11-19(15)23-18-9-7-17(22-2)8-10-18;1-2/h6-13H,1H2,2-5H3;1-2H3/b21-13+;. The van der Waals surface area contributed by atoms with Crippen LogP contribution in [0, 0.1) is 5.82 Å². The van der Waals surface area contributed by atoms with Crippen LogP contribution in [0.25, 0.3) is 0 Å². The minimum atomic E-state index is -1.23. The molecule has 0 saturated heterocycles. The first kappa shape index (κ1) is 22.6. The average molecular weight is 394 g/mol. The molecule has 0 bridgehead atoms. The molecule has 0 saturated carbocycles. The number of rotatable bonds is 7. The largest absolute Gasteiger partial charge is 0.497 e. The molecule has 0 atom stereocenters. The van der Waals surface area contributed by atoms with Gasteiger partial charge in [0.1, 0.15) is 23.1 Å². The van der Waals surface area contributed by atoms with Crippen molar-refractivity contribution in [2.75, 3.05) is 25.9 Å². The van der Waals surface area contributed by atoms with Gasteiger partial charge < -0.3 is 13.7 Å². The molecule has 0 radical (unpaired) electrons. The van der Waals surface area contributed by atoms with E-state index in [0.29, 0.717) is 17.1 Å². The zero-order chi connectivity index (χ0) is 20.4. The second-order valence-corrected chi connectivity index (χ2v) is 9.54. The third-order valence-electron chi connectivity index (χ3n) is 2.95. The van der Waals surface area contributed by atoms with Crippen molar-refractivity contribution in [2.45, 2.75) is 13.8 Å². The third kappa shape index (κ3) is 8.17. The van der Waals surface area contributed by atoms with Gasteiger partial charge in [-0.3, -0.25) is 0 Å². The lowest BCUT2D eigenvalue weighted by atomic mass is 10.2. The number of benzene rings is 2. The topological polar surface area (TPSA) is 40.0 Å². The molecule has 0 aliphatic rings. The summed E-state index contributed by atoms with van der Waals surface area (Å²) in [5.41, 5.74) is 0.490. The molecular formula is C21H28FNO3S. The lowest BCUT2D eigenvalue weighted by Gasteiger charge is -2.25. The quantitative estimate of drug-likeness (QED) is 0.417. The Morgan fingerprint density at radius 1 is 1.04 bits per heavy atom. The van der Waals surface area contributed by atoms with E-state index in [1.807, 2.05) is 32.6 Å². The van der Waals surface area contributed by atoms with E-state index >= 15 is 0 Å². The van der Waals surface area contributed by atoms with Crippen LogP contribution in [0.3, 0.4) is 0 Å². The normalized spacial score (nSPS) is 11.4. The van der Waals surface area contributed by atoms with Gasteiger partial charge in [0.2, 0.25) is 5.88 Å². The number of nitrogens with zero attached hydrogens (tertiary/aromatic N) is 1. The summed E-state index contributed by atoms with van der Waals surface area (Å²) in [6, 6.07) is 11.4. The van der Waals surface area contributed by atoms with Crippen LogP contribution in [0.1, 0.15) is 19.4 Å². The van der Waals surface area contributed by atoms with Gasteiger partial charge >= 0.3 is 0 Å². The van der Waals surface area contributed by atoms with Gasteiger partial charge in [0, 0.05) is 11.8 Å². The molecule has 0 aliphatic heterocycles. The molecule has 0 spiro atoms. The fourth-order valence-corrected chi connectivity index (χ4v) is 2.56. The molecule has 27 heavy (non-hydrogen) atoms. The molecule has 0 heterocycles. The lowest BCUT2D eigenvalue weighted by molar-refractivity contribution is 0.413. The van der Waals surface area contributed by atoms with Crippen LogP contribution in [-0.2, 0) is 4.18 Å². The molecule has 0 aromatic heterocycles. The molecule has 0 unspecified atom stereocenters. The van der Waals surface area contributed by atoms with Crippen LogP contribution in [0.2, 0.25) is 0 Å². The molecule has 2 rings (SSSR count). The summed E-state index contributed by atoms with van der Waals surface area (Å²) in [5.74, 6) is 1.72. The van der Waals surface area contributed by atoms with Crippen molar-refractivity contribution < 1.29 is 18.0 Å². The van der Waals surface area contributed by atoms with Crippen LogP contribution in [0.5, 0.6) is 17.2 Å². The van der Waals surface area contributed by atoms with Crippen LogP contribution < -0.4 is 9.47 Å². The Labute approximate surface area is 163 Å². The minimum Gasteiger partial charge on any atom is -0.497 e. The number of hydrogen-bond donors (Lipinski definition) is 0. The molecule has 6 heteroatoms. The highest BCUT2D eigenvalue weighted by molar-refractivity contribution is 8.28. The minimum absolute atomic E-state index is 0.280. The monoisotopic (exact) mass is 393 g/mol. The molecule has 0 amide bonds. The Balaban J connectivity index is 0.00000176. The third-order valence-corrected chi connectivity index (χ3v) is 3.65. The van der Waals surface area contributed by atoms with Gasteiger partial charge in [-0.2, -0.15) is 0 Å². The van der Waals surface area contributed by atoms with Crippen LogP contribution in [0.15, 0.2) is 59.9 Å². The average Bonchev–Trinajstić information content (AvgIpc) is 2.63. The van der Waals surface area contributed by atoms with Crippen LogP contribution in [-0.4, -0.2) is 32.1 Å². The molecular weight excluding hydrogens is 365 g/mol. The number of ether oxygens (including phenoxy) is 2. The molecule has 0 fully saturated rings. The Morgan fingerprint density at radius 3 is 2.19 bits per heavy atom. The molecule has 148 valence electrons. The van der Waals surface area contributed by atoms with Gasteiger partial charge in [-0.15, -0.1) is 0 Å². The van der Waals surface area contributed by atoms with Gasteiger partial charge in [0.15, 0.2) is 0 Å². The highest BCUT2D eigenvalue weighted by Crippen LogP contribution is 2.38. The first-order chi connectivity index (χ1) is 12.8. The second kappa shape index (κ2) is 10.6. The Kier molecular flexibility index (Phi) is 8.88. The zero-order valence-electron chi connectivity index (χ0n) is 16.8. The maximum Gasteiger partial charge on any atom is 0.217 e. The number of aliphatic imine (C=N–C) groups is 1. The molecule has 0 aliphatic carbocycles. The second-order valence-electron chi connectivity index (χ2n) is 5.92. The van der Waals surface area contributed by atoms with Crippen molar-refractivity contribution in [3.05, 3.63) is 66.3 Å². The van der Waals surface area contributed by atoms with Crippen molar-refractivity contribution in [2.24, 2.45) is 4.99 Å². The number of halogens is 1. The maximum absolute atomic E-state index is 13.6. The number of hydrogen-bond acceptors (Lipinski definition) is 4. The van der Waals surface area contributed by atoms with Gasteiger partial charge in [0.05, 0.1) is 7.11 Å². The van der Waals surface area contributed by atoms with Crippen molar-refractivity contribution in [3.8, 4) is 17.2 Å². The highest BCUT2D eigenvalue weighted by atomic mass is 32.3. The summed E-state index contributed by atoms with van der Waals surface area (Å²) < 4.78 is 30.1. The Bertz CT molecular complexity index is 768. The predicted octanol–water partition coefficient (Wildman–Crippen LogP) is 6.17. The van der Waals surface area contributed by atoms with Crippen LogP contribution in [0.4, 0.5) is 4.39 Å². The first-order valence-electron chi connectivity index (χ1n) is 8.49. The van der Waals surface area contributed by atoms with Crippen molar-refractivity contribution in [1.29, 1.82) is 0 Å². The van der Waals surface area contributed by atoms with Crippen molar-refractivity contribution in [1.82, 2.24) is 0 Å². The van der Waals surface area contributed by atoms with Crippen molar-refractivity contribution in [3.63, 3.8) is 0 Å². The van der Waals surface area contributed by atoms with E-state index in [0.717, 1.165) is 5.75 Å². The van der Waals surface area contributed by atoms with E-state index in [9.17, 15) is 4.39 Å². The van der Waals surface area contributed by atoms with Gasteiger partial charge in [0.25, 0.3) is 0 Å². The van der Waals surface area contributed by atoms with Crippen molar-refractivity contribution >= 4 is 16.5 Å². The van der Waals surface area contributed by atoms with E-state index in [1.54, 1.807) is 37.4 Å². The van der Waals surface area contributed by atoms with Gasteiger partial charge in [-0.1, -0.05) is 24.2 Å². The van der Waals surface area contributed by atoms with E-state index in [-0.39, 0.29) is 11.7 Å². The van der Waals surface area contributed by atoms with E-state index in [4.69, 9.17) is 13.7 Å². The molecule has 2 aromatic rings. The summed E-state index contributed by atoms with van der Waals surface area (Å²) in [7, 11) is 0.364. The summed E-state index contributed by atoms with van der Waals surface area (Å²) in [6.07, 6.45) is 7.42. The molecule has 4 nitrogen and oxygen atoms in total. The van der Waals surface area contributed by atoms with Crippen LogP contribution >= 0.6 is 10.3 Å². The zero-order valence-corrected chi connectivity index (χ0v) is 17.6. The fraction of sp³-hybridized carbons (Fsp3) is 0.286. The van der Waals surface area contributed by atoms with E-state index in [2.05, 4.69) is 11.6 Å². The van der Waals surface area contributed by atoms with Gasteiger partial charge in [-0.25, -0.2) is 9.38 Å². The SMILES string of the molecule is C=C(/N=C/c1cc(F)ccc1Oc1ccc(OC)cc1)OS(C)(C)C.CC.